The average Bonchev–Trinajstić information content (AvgIpc) is 2.70. The standard InChI is InChI=1S/C14H20O5/c1-18-12(16)14(17)11-7-10(15)6-9-4-2-3-5-13(9,11)8-19-14/h9,11,17H,2-8H2,1H3/t9-,11+,13-,14+/m0/s1. The predicted molar refractivity (Wildman–Crippen MR) is 65.0 cm³/mol. The molecule has 4 atom stereocenters. The van der Waals surface area contributed by atoms with Gasteiger partial charge in [-0.25, -0.2) is 4.79 Å². The topological polar surface area (TPSA) is 72.8 Å². The normalized spacial score (nSPS) is 45.5. The van der Waals surface area contributed by atoms with Gasteiger partial charge in [0.25, 0.3) is 5.79 Å². The molecule has 5 nitrogen and oxygen atoms in total. The van der Waals surface area contributed by atoms with Crippen molar-refractivity contribution in [2.75, 3.05) is 13.7 Å². The van der Waals surface area contributed by atoms with Crippen LogP contribution in [0.2, 0.25) is 0 Å². The van der Waals surface area contributed by atoms with Crippen molar-refractivity contribution in [3.63, 3.8) is 0 Å². The molecule has 0 aromatic carbocycles. The van der Waals surface area contributed by atoms with Gasteiger partial charge in [-0.05, 0) is 18.8 Å². The van der Waals surface area contributed by atoms with Crippen LogP contribution in [0.25, 0.3) is 0 Å². The fourth-order valence-electron chi connectivity index (χ4n) is 4.40. The number of ether oxygens (including phenoxy) is 2. The number of carbonyl (C=O) groups is 2. The number of methoxy groups -OCH3 is 1. The lowest BCUT2D eigenvalue weighted by Crippen LogP contribution is -2.54. The summed E-state index contributed by atoms with van der Waals surface area (Å²) in [4.78, 5) is 23.8. The minimum absolute atomic E-state index is 0.125. The molecule has 1 saturated heterocycles. The maximum atomic E-state index is 11.9. The Morgan fingerprint density at radius 3 is 2.95 bits per heavy atom. The maximum Gasteiger partial charge on any atom is 0.366 e. The van der Waals surface area contributed by atoms with Crippen LogP contribution in [0.5, 0.6) is 0 Å². The Hall–Kier alpha value is -0.940. The summed E-state index contributed by atoms with van der Waals surface area (Å²) in [6, 6.07) is 0. The molecule has 3 fully saturated rings. The molecule has 2 aliphatic carbocycles. The molecule has 19 heavy (non-hydrogen) atoms. The van der Waals surface area contributed by atoms with Crippen LogP contribution in [0.3, 0.4) is 0 Å². The number of carbonyl (C=O) groups excluding carboxylic acids is 2. The second-order valence-electron chi connectivity index (χ2n) is 6.15. The molecule has 106 valence electrons. The number of hydrogen-bond acceptors (Lipinski definition) is 5. The first-order valence-corrected chi connectivity index (χ1v) is 6.99. The van der Waals surface area contributed by atoms with Gasteiger partial charge in [0.05, 0.1) is 13.7 Å². The zero-order chi connectivity index (χ0) is 13.7. The molecule has 0 radical (unpaired) electrons. The highest BCUT2D eigenvalue weighted by molar-refractivity contribution is 5.84. The first-order chi connectivity index (χ1) is 9.03. The van der Waals surface area contributed by atoms with E-state index in [1.165, 1.54) is 7.11 Å². The van der Waals surface area contributed by atoms with Crippen molar-refractivity contribution in [3.8, 4) is 0 Å². The Balaban J connectivity index is 1.99. The van der Waals surface area contributed by atoms with Crippen molar-refractivity contribution in [1.29, 1.82) is 0 Å². The van der Waals surface area contributed by atoms with E-state index in [-0.39, 0.29) is 23.5 Å². The summed E-state index contributed by atoms with van der Waals surface area (Å²) in [6.45, 7) is 0.362. The van der Waals surface area contributed by atoms with Crippen LogP contribution < -0.4 is 0 Å². The van der Waals surface area contributed by atoms with E-state index in [4.69, 9.17) is 4.74 Å². The average molecular weight is 268 g/mol. The van der Waals surface area contributed by atoms with Gasteiger partial charge in [0.1, 0.15) is 5.78 Å². The van der Waals surface area contributed by atoms with Crippen LogP contribution in [0.15, 0.2) is 0 Å². The summed E-state index contributed by atoms with van der Waals surface area (Å²) < 4.78 is 10.2. The van der Waals surface area contributed by atoms with Crippen LogP contribution in [0.4, 0.5) is 0 Å². The van der Waals surface area contributed by atoms with Crippen molar-refractivity contribution in [1.82, 2.24) is 0 Å². The van der Waals surface area contributed by atoms with Crippen molar-refractivity contribution < 1.29 is 24.2 Å². The van der Waals surface area contributed by atoms with Gasteiger partial charge in [-0.15, -0.1) is 0 Å². The molecule has 0 aromatic heterocycles. The van der Waals surface area contributed by atoms with Crippen LogP contribution in [-0.2, 0) is 19.1 Å². The number of ketones is 1. The van der Waals surface area contributed by atoms with Crippen LogP contribution in [0.1, 0.15) is 38.5 Å². The van der Waals surface area contributed by atoms with Gasteiger partial charge in [-0.1, -0.05) is 12.8 Å². The van der Waals surface area contributed by atoms with Crippen molar-refractivity contribution in [2.45, 2.75) is 44.3 Å². The number of esters is 1. The van der Waals surface area contributed by atoms with Gasteiger partial charge >= 0.3 is 5.97 Å². The number of hydrogen-bond donors (Lipinski definition) is 1. The molecule has 1 spiro atoms. The quantitative estimate of drug-likeness (QED) is 0.719. The molecular weight excluding hydrogens is 248 g/mol. The van der Waals surface area contributed by atoms with E-state index >= 15 is 0 Å². The summed E-state index contributed by atoms with van der Waals surface area (Å²) in [5.74, 6) is -2.78. The number of rotatable bonds is 1. The number of aliphatic hydroxyl groups is 1. The van der Waals surface area contributed by atoms with Crippen LogP contribution in [-0.4, -0.2) is 36.4 Å². The zero-order valence-electron chi connectivity index (χ0n) is 11.2. The van der Waals surface area contributed by atoms with Gasteiger partial charge in [0.15, 0.2) is 0 Å². The summed E-state index contributed by atoms with van der Waals surface area (Å²) >= 11 is 0. The Labute approximate surface area is 112 Å². The first kappa shape index (κ1) is 13.1. The largest absolute Gasteiger partial charge is 0.465 e. The lowest BCUT2D eigenvalue weighted by molar-refractivity contribution is -0.224. The van der Waals surface area contributed by atoms with E-state index in [2.05, 4.69) is 4.74 Å². The first-order valence-electron chi connectivity index (χ1n) is 6.99. The molecule has 1 N–H and O–H groups in total. The minimum atomic E-state index is -1.93. The molecule has 2 saturated carbocycles. The summed E-state index contributed by atoms with van der Waals surface area (Å²) in [5, 5.41) is 10.6. The van der Waals surface area contributed by atoms with Gasteiger partial charge in [0.2, 0.25) is 0 Å². The molecule has 5 heteroatoms. The van der Waals surface area contributed by atoms with Gasteiger partial charge in [-0.2, -0.15) is 0 Å². The molecule has 0 amide bonds. The van der Waals surface area contributed by atoms with Gasteiger partial charge < -0.3 is 14.6 Å². The molecule has 3 rings (SSSR count). The van der Waals surface area contributed by atoms with Crippen LogP contribution in [0, 0.1) is 17.3 Å². The van der Waals surface area contributed by atoms with Crippen LogP contribution >= 0.6 is 0 Å². The lowest BCUT2D eigenvalue weighted by atomic mass is 9.54. The second-order valence-corrected chi connectivity index (χ2v) is 6.15. The third kappa shape index (κ3) is 1.68. The Kier molecular flexibility index (Phi) is 2.94. The third-order valence-electron chi connectivity index (χ3n) is 5.37. The lowest BCUT2D eigenvalue weighted by Gasteiger charge is -2.48. The van der Waals surface area contributed by atoms with E-state index in [1.807, 2.05) is 0 Å². The fraction of sp³-hybridized carbons (Fsp3) is 0.857. The second kappa shape index (κ2) is 4.28. The Bertz CT molecular complexity index is 420. The van der Waals surface area contributed by atoms with E-state index in [0.717, 1.165) is 25.7 Å². The van der Waals surface area contributed by atoms with Gasteiger partial charge in [-0.3, -0.25) is 4.79 Å². The molecule has 0 bridgehead atoms. The van der Waals surface area contributed by atoms with E-state index in [0.29, 0.717) is 13.0 Å². The van der Waals surface area contributed by atoms with E-state index in [9.17, 15) is 14.7 Å². The highest BCUT2D eigenvalue weighted by Crippen LogP contribution is 2.60. The van der Waals surface area contributed by atoms with E-state index in [1.54, 1.807) is 0 Å². The highest BCUT2D eigenvalue weighted by atomic mass is 16.7. The zero-order valence-corrected chi connectivity index (χ0v) is 11.2. The van der Waals surface area contributed by atoms with Crippen molar-refractivity contribution in [2.24, 2.45) is 17.3 Å². The van der Waals surface area contributed by atoms with Crippen molar-refractivity contribution >= 4 is 11.8 Å². The molecule has 3 aliphatic rings. The monoisotopic (exact) mass is 268 g/mol. The predicted octanol–water partition coefficient (Wildman–Crippen LogP) is 1.03. The summed E-state index contributed by atoms with van der Waals surface area (Å²) in [6.07, 6.45) is 4.89. The minimum Gasteiger partial charge on any atom is -0.465 e. The maximum absolute atomic E-state index is 11.9. The van der Waals surface area contributed by atoms with Crippen molar-refractivity contribution in [3.05, 3.63) is 0 Å². The SMILES string of the molecule is COC(=O)[C@]1(O)OC[C@@]23CCCC[C@H]2CC(=O)C[C@H]31. The van der Waals surface area contributed by atoms with E-state index < -0.39 is 17.7 Å². The molecular formula is C14H20O5. The summed E-state index contributed by atoms with van der Waals surface area (Å²) in [7, 11) is 1.23. The highest BCUT2D eigenvalue weighted by Gasteiger charge is 2.66. The Morgan fingerprint density at radius 1 is 1.42 bits per heavy atom. The molecule has 0 unspecified atom stereocenters. The molecule has 0 aromatic rings. The fourth-order valence-corrected chi connectivity index (χ4v) is 4.40. The Morgan fingerprint density at radius 2 is 2.21 bits per heavy atom. The number of Topliss-reactive ketones (excluding diaryl/α,β-unsaturated/α-hetero) is 1. The summed E-state index contributed by atoms with van der Waals surface area (Å²) in [5.41, 5.74) is -0.213. The third-order valence-corrected chi connectivity index (χ3v) is 5.37. The molecule has 1 aliphatic heterocycles. The molecule has 1 heterocycles. The smallest absolute Gasteiger partial charge is 0.366 e. The van der Waals surface area contributed by atoms with Gasteiger partial charge in [0, 0.05) is 24.2 Å².